The van der Waals surface area contributed by atoms with E-state index in [9.17, 15) is 15.2 Å². The molecule has 0 spiro atoms. The summed E-state index contributed by atoms with van der Waals surface area (Å²) in [6, 6.07) is 7.18. The number of rotatable bonds is 7. The quantitative estimate of drug-likeness (QED) is 0.598. The number of furan rings is 1. The molecule has 132 valence electrons. The minimum atomic E-state index is -0.950. The van der Waals surface area contributed by atoms with Crippen molar-refractivity contribution in [2.24, 2.45) is 0 Å². The van der Waals surface area contributed by atoms with Gasteiger partial charge in [-0.05, 0) is 50.1 Å². The minimum absolute atomic E-state index is 0.00314. The fourth-order valence-electron chi connectivity index (χ4n) is 2.71. The summed E-state index contributed by atoms with van der Waals surface area (Å²) < 4.78 is 7.25. The van der Waals surface area contributed by atoms with Crippen molar-refractivity contribution >= 4 is 12.0 Å². The number of nitriles is 1. The average molecular weight is 341 g/mol. The molecule has 2 N–H and O–H groups in total. The molecule has 0 aliphatic carbocycles. The summed E-state index contributed by atoms with van der Waals surface area (Å²) in [6.45, 7) is 6.95. The van der Waals surface area contributed by atoms with Crippen LogP contribution in [0.3, 0.4) is 0 Å². The Morgan fingerprint density at radius 3 is 2.88 bits per heavy atom. The molecule has 1 unspecified atom stereocenters. The van der Waals surface area contributed by atoms with Crippen LogP contribution in [0, 0.1) is 25.2 Å². The molecule has 1 atom stereocenters. The van der Waals surface area contributed by atoms with Gasteiger partial charge in [-0.2, -0.15) is 5.26 Å². The van der Waals surface area contributed by atoms with Crippen LogP contribution in [0.25, 0.3) is 6.08 Å². The van der Waals surface area contributed by atoms with E-state index in [-0.39, 0.29) is 12.1 Å². The van der Waals surface area contributed by atoms with Crippen LogP contribution < -0.4 is 5.32 Å². The van der Waals surface area contributed by atoms with Crippen LogP contribution in [0.5, 0.6) is 0 Å². The van der Waals surface area contributed by atoms with Crippen molar-refractivity contribution in [2.45, 2.75) is 39.8 Å². The number of carbonyl (C=O) groups is 1. The van der Waals surface area contributed by atoms with Gasteiger partial charge < -0.3 is 19.4 Å². The number of hydrogen-bond donors (Lipinski definition) is 2. The summed E-state index contributed by atoms with van der Waals surface area (Å²) in [4.78, 5) is 12.2. The van der Waals surface area contributed by atoms with E-state index in [2.05, 4.69) is 16.8 Å². The standard InChI is InChI=1S/C19H23N3O3/c1-4-7-22-13(2)9-15(14(22)3)10-16(11-20)19(24)21-12-17(23)18-6-5-8-25-18/h5-6,8-10,17,23H,4,7,12H2,1-3H3,(H,21,24)/b16-10-. The molecule has 6 heteroatoms. The third-order valence-electron chi connectivity index (χ3n) is 4.05. The van der Waals surface area contributed by atoms with Crippen LogP contribution in [0.2, 0.25) is 0 Å². The lowest BCUT2D eigenvalue weighted by Gasteiger charge is -2.09. The minimum Gasteiger partial charge on any atom is -0.467 e. The third-order valence-corrected chi connectivity index (χ3v) is 4.05. The van der Waals surface area contributed by atoms with Crippen LogP contribution in [0.1, 0.15) is 42.2 Å². The van der Waals surface area contributed by atoms with Crippen molar-refractivity contribution in [1.82, 2.24) is 9.88 Å². The van der Waals surface area contributed by atoms with E-state index < -0.39 is 12.0 Å². The zero-order valence-corrected chi connectivity index (χ0v) is 14.7. The Morgan fingerprint density at radius 2 is 2.28 bits per heavy atom. The Kier molecular flexibility index (Phi) is 6.20. The summed E-state index contributed by atoms with van der Waals surface area (Å²) in [7, 11) is 0. The second kappa shape index (κ2) is 8.36. The third kappa shape index (κ3) is 4.40. The highest BCUT2D eigenvalue weighted by molar-refractivity contribution is 6.01. The maximum absolute atomic E-state index is 12.2. The van der Waals surface area contributed by atoms with Crippen LogP contribution in [0.15, 0.2) is 34.5 Å². The van der Waals surface area contributed by atoms with Crippen molar-refractivity contribution in [1.29, 1.82) is 5.26 Å². The Balaban J connectivity index is 2.11. The van der Waals surface area contributed by atoms with Crippen LogP contribution >= 0.6 is 0 Å². The number of nitrogens with one attached hydrogen (secondary N) is 1. The van der Waals surface area contributed by atoms with E-state index in [1.807, 2.05) is 26.0 Å². The lowest BCUT2D eigenvalue weighted by atomic mass is 10.1. The van der Waals surface area contributed by atoms with Crippen molar-refractivity contribution < 1.29 is 14.3 Å². The van der Waals surface area contributed by atoms with E-state index >= 15 is 0 Å². The fraction of sp³-hybridized carbons (Fsp3) is 0.368. The van der Waals surface area contributed by atoms with Gasteiger partial charge in [-0.3, -0.25) is 4.79 Å². The molecule has 0 fully saturated rings. The molecule has 0 radical (unpaired) electrons. The van der Waals surface area contributed by atoms with Crippen LogP contribution in [0.4, 0.5) is 0 Å². The van der Waals surface area contributed by atoms with Crippen molar-refractivity contribution in [3.63, 3.8) is 0 Å². The van der Waals surface area contributed by atoms with Gasteiger partial charge in [0.05, 0.1) is 12.8 Å². The first-order chi connectivity index (χ1) is 12.0. The number of aliphatic hydroxyl groups is 1. The first-order valence-corrected chi connectivity index (χ1v) is 8.26. The number of hydrogen-bond acceptors (Lipinski definition) is 4. The van der Waals surface area contributed by atoms with Gasteiger partial charge >= 0.3 is 0 Å². The van der Waals surface area contributed by atoms with E-state index in [1.54, 1.807) is 18.2 Å². The second-order valence-corrected chi connectivity index (χ2v) is 5.89. The Labute approximate surface area is 147 Å². The van der Waals surface area contributed by atoms with Gasteiger partial charge in [-0.15, -0.1) is 0 Å². The molecule has 0 aliphatic heterocycles. The summed E-state index contributed by atoms with van der Waals surface area (Å²) in [6.07, 6.45) is 3.10. The maximum atomic E-state index is 12.2. The molecule has 1 amide bonds. The van der Waals surface area contributed by atoms with E-state index in [1.165, 1.54) is 6.26 Å². The number of aryl methyl sites for hydroxylation is 1. The smallest absolute Gasteiger partial charge is 0.262 e. The first kappa shape index (κ1) is 18.6. The predicted octanol–water partition coefficient (Wildman–Crippen LogP) is 2.86. The average Bonchev–Trinajstić information content (AvgIpc) is 3.22. The van der Waals surface area contributed by atoms with Gasteiger partial charge in [-0.25, -0.2) is 0 Å². The summed E-state index contributed by atoms with van der Waals surface area (Å²) in [5.41, 5.74) is 2.97. The van der Waals surface area contributed by atoms with Gasteiger partial charge in [0.15, 0.2) is 0 Å². The molecule has 0 saturated carbocycles. The molecule has 2 aromatic heterocycles. The molecular formula is C19H23N3O3. The molecule has 2 rings (SSSR count). The number of aliphatic hydroxyl groups excluding tert-OH is 1. The lowest BCUT2D eigenvalue weighted by Crippen LogP contribution is -2.29. The van der Waals surface area contributed by atoms with Gasteiger partial charge in [-0.1, -0.05) is 6.92 Å². The zero-order chi connectivity index (χ0) is 18.4. The summed E-state index contributed by atoms with van der Waals surface area (Å²) in [5.74, 6) is -0.153. The summed E-state index contributed by atoms with van der Waals surface area (Å²) in [5, 5.41) is 21.8. The monoisotopic (exact) mass is 341 g/mol. The Morgan fingerprint density at radius 1 is 1.52 bits per heavy atom. The van der Waals surface area contributed by atoms with Gasteiger partial charge in [0.2, 0.25) is 0 Å². The molecule has 0 aromatic carbocycles. The highest BCUT2D eigenvalue weighted by atomic mass is 16.4. The number of carbonyl (C=O) groups excluding carboxylic acids is 1. The lowest BCUT2D eigenvalue weighted by molar-refractivity contribution is -0.117. The van der Waals surface area contributed by atoms with E-state index in [0.29, 0.717) is 5.76 Å². The van der Waals surface area contributed by atoms with Gasteiger partial charge in [0.25, 0.3) is 5.91 Å². The normalized spacial score (nSPS) is 12.7. The number of nitrogens with zero attached hydrogens (tertiary/aromatic N) is 2. The van der Waals surface area contributed by atoms with Gasteiger partial charge in [0.1, 0.15) is 23.5 Å². The molecular weight excluding hydrogens is 318 g/mol. The van der Waals surface area contributed by atoms with Crippen LogP contribution in [-0.2, 0) is 11.3 Å². The Bertz CT molecular complexity index is 795. The van der Waals surface area contributed by atoms with Crippen molar-refractivity contribution in [2.75, 3.05) is 6.54 Å². The van der Waals surface area contributed by atoms with Crippen molar-refractivity contribution in [3.05, 3.63) is 52.7 Å². The SMILES string of the molecule is CCCn1c(C)cc(/C=C(/C#N)C(=O)NCC(O)c2ccco2)c1C. The molecule has 0 aliphatic rings. The van der Waals surface area contributed by atoms with Crippen molar-refractivity contribution in [3.8, 4) is 6.07 Å². The number of amides is 1. The fourth-order valence-corrected chi connectivity index (χ4v) is 2.71. The number of aromatic nitrogens is 1. The predicted molar refractivity (Wildman–Crippen MR) is 94.5 cm³/mol. The summed E-state index contributed by atoms with van der Waals surface area (Å²) >= 11 is 0. The molecule has 6 nitrogen and oxygen atoms in total. The van der Waals surface area contributed by atoms with E-state index in [4.69, 9.17) is 4.42 Å². The topological polar surface area (TPSA) is 91.2 Å². The first-order valence-electron chi connectivity index (χ1n) is 8.26. The van der Waals surface area contributed by atoms with E-state index in [0.717, 1.165) is 29.9 Å². The molecule has 2 heterocycles. The molecule has 0 bridgehead atoms. The highest BCUT2D eigenvalue weighted by Crippen LogP contribution is 2.19. The van der Waals surface area contributed by atoms with Gasteiger partial charge in [0, 0.05) is 17.9 Å². The second-order valence-electron chi connectivity index (χ2n) is 5.89. The zero-order valence-electron chi connectivity index (χ0n) is 14.7. The van der Waals surface area contributed by atoms with Crippen LogP contribution in [-0.4, -0.2) is 22.1 Å². The Hall–Kier alpha value is -2.78. The molecule has 0 saturated heterocycles. The highest BCUT2D eigenvalue weighted by Gasteiger charge is 2.15. The molecule has 2 aromatic rings. The maximum Gasteiger partial charge on any atom is 0.262 e. The molecule has 25 heavy (non-hydrogen) atoms. The largest absolute Gasteiger partial charge is 0.467 e.